The van der Waals surface area contributed by atoms with E-state index in [0.717, 1.165) is 17.9 Å². The highest BCUT2D eigenvalue weighted by molar-refractivity contribution is 7.13. The van der Waals surface area contributed by atoms with Crippen molar-refractivity contribution in [2.24, 2.45) is 0 Å². The molecule has 0 radical (unpaired) electrons. The Bertz CT molecular complexity index is 683. The van der Waals surface area contributed by atoms with Crippen LogP contribution in [0.25, 0.3) is 21.8 Å². The van der Waals surface area contributed by atoms with E-state index in [1.807, 2.05) is 10.7 Å². The summed E-state index contributed by atoms with van der Waals surface area (Å²) in [4.78, 5) is 1.18. The molecule has 82 valence electrons. The average molecular weight is 239 g/mol. The lowest BCUT2D eigenvalue weighted by Gasteiger charge is -1.98. The van der Waals surface area contributed by atoms with Crippen molar-refractivity contribution in [3.63, 3.8) is 0 Å². The predicted octanol–water partition coefficient (Wildman–Crippen LogP) is 3.04. The fraction of sp³-hybridized carbons (Fsp3) is 0.0769. The molecule has 2 aromatic heterocycles. The summed E-state index contributed by atoms with van der Waals surface area (Å²) in [5.41, 5.74) is 4.75. The first-order valence-electron chi connectivity index (χ1n) is 5.49. The Balaban J connectivity index is 2.00. The molecule has 0 fully saturated rings. The number of hydrogen-bond donors (Lipinski definition) is 0. The highest BCUT2D eigenvalue weighted by atomic mass is 32.1. The van der Waals surface area contributed by atoms with Gasteiger partial charge in [-0.25, -0.2) is 4.68 Å². The Morgan fingerprint density at radius 1 is 1.12 bits per heavy atom. The molecule has 0 spiro atoms. The number of thiophene rings is 1. The van der Waals surface area contributed by atoms with Crippen molar-refractivity contribution < 1.29 is 0 Å². The lowest BCUT2D eigenvalue weighted by atomic mass is 10.1. The van der Waals surface area contributed by atoms with Gasteiger partial charge in [-0.05, 0) is 17.0 Å². The van der Waals surface area contributed by atoms with Crippen LogP contribution in [-0.2, 0) is 6.54 Å². The zero-order valence-electron chi connectivity index (χ0n) is 9.00. The Morgan fingerprint density at radius 2 is 2.06 bits per heavy atom. The van der Waals surface area contributed by atoms with Gasteiger partial charge in [-0.3, -0.25) is 0 Å². The Kier molecular flexibility index (Phi) is 1.76. The molecule has 1 aliphatic rings. The summed E-state index contributed by atoms with van der Waals surface area (Å²) in [7, 11) is 0. The van der Waals surface area contributed by atoms with Gasteiger partial charge >= 0.3 is 0 Å². The molecule has 4 rings (SSSR count). The minimum absolute atomic E-state index is 0.837. The number of aromatic nitrogens is 3. The van der Waals surface area contributed by atoms with E-state index >= 15 is 0 Å². The first-order valence-corrected chi connectivity index (χ1v) is 6.37. The normalized spacial score (nSPS) is 12.5. The summed E-state index contributed by atoms with van der Waals surface area (Å²) in [6.45, 7) is 0.837. The van der Waals surface area contributed by atoms with Crippen molar-refractivity contribution >= 4 is 11.3 Å². The molecule has 3 heterocycles. The molecule has 17 heavy (non-hydrogen) atoms. The van der Waals surface area contributed by atoms with Gasteiger partial charge in [0.05, 0.1) is 17.1 Å². The maximum absolute atomic E-state index is 4.30. The van der Waals surface area contributed by atoms with Gasteiger partial charge in [0.15, 0.2) is 0 Å². The van der Waals surface area contributed by atoms with Gasteiger partial charge in [-0.15, -0.1) is 16.4 Å². The van der Waals surface area contributed by atoms with Crippen molar-refractivity contribution in [2.75, 3.05) is 0 Å². The minimum Gasteiger partial charge on any atom is -0.240 e. The maximum Gasteiger partial charge on any atom is 0.130 e. The van der Waals surface area contributed by atoms with Gasteiger partial charge < -0.3 is 0 Å². The highest BCUT2D eigenvalue weighted by Gasteiger charge is 2.24. The summed E-state index contributed by atoms with van der Waals surface area (Å²) in [5.74, 6) is 0. The largest absolute Gasteiger partial charge is 0.240 e. The van der Waals surface area contributed by atoms with Crippen LogP contribution in [0.4, 0.5) is 0 Å². The number of benzene rings is 1. The Hall–Kier alpha value is -1.94. The number of rotatable bonds is 1. The zero-order chi connectivity index (χ0) is 11.2. The molecular formula is C13H9N3S. The minimum atomic E-state index is 0.837. The predicted molar refractivity (Wildman–Crippen MR) is 67.9 cm³/mol. The first kappa shape index (κ1) is 9.13. The molecule has 0 amide bonds. The molecule has 0 N–H and O–H groups in total. The summed E-state index contributed by atoms with van der Waals surface area (Å²) in [6.07, 6.45) is 0. The summed E-state index contributed by atoms with van der Waals surface area (Å²) in [5, 5.41) is 10.6. The van der Waals surface area contributed by atoms with E-state index in [2.05, 4.69) is 46.0 Å². The molecule has 1 aromatic carbocycles. The van der Waals surface area contributed by atoms with E-state index in [0.29, 0.717) is 0 Å². The van der Waals surface area contributed by atoms with Crippen LogP contribution in [0.2, 0.25) is 0 Å². The van der Waals surface area contributed by atoms with Crippen LogP contribution in [0.5, 0.6) is 0 Å². The smallest absolute Gasteiger partial charge is 0.130 e. The molecule has 4 heteroatoms. The standard InChI is InChI=1S/C13H9N3S/c1-2-5-10-9(4-1)8-16-13(10)12(14-15-16)11-6-3-7-17-11/h1-7H,8H2. The first-order chi connectivity index (χ1) is 8.43. The summed E-state index contributed by atoms with van der Waals surface area (Å²) < 4.78 is 1.99. The number of fused-ring (bicyclic) bond motifs is 3. The monoisotopic (exact) mass is 239 g/mol. The molecular weight excluding hydrogens is 230 g/mol. The second kappa shape index (κ2) is 3.28. The molecule has 0 bridgehead atoms. The van der Waals surface area contributed by atoms with Crippen LogP contribution in [0.1, 0.15) is 5.56 Å². The van der Waals surface area contributed by atoms with Gasteiger partial charge in [-0.2, -0.15) is 0 Å². The maximum atomic E-state index is 4.30. The van der Waals surface area contributed by atoms with E-state index in [4.69, 9.17) is 0 Å². The molecule has 0 saturated carbocycles. The van der Waals surface area contributed by atoms with Crippen molar-refractivity contribution in [3.8, 4) is 21.8 Å². The summed E-state index contributed by atoms with van der Waals surface area (Å²) in [6, 6.07) is 12.6. The number of nitrogens with zero attached hydrogens (tertiary/aromatic N) is 3. The van der Waals surface area contributed by atoms with E-state index in [1.54, 1.807) is 11.3 Å². The van der Waals surface area contributed by atoms with Gasteiger partial charge in [0.2, 0.25) is 0 Å². The van der Waals surface area contributed by atoms with Gasteiger partial charge in [0.25, 0.3) is 0 Å². The van der Waals surface area contributed by atoms with Gasteiger partial charge in [-0.1, -0.05) is 35.5 Å². The molecule has 1 aliphatic heterocycles. The lowest BCUT2D eigenvalue weighted by molar-refractivity contribution is 0.675. The third-order valence-corrected chi connectivity index (χ3v) is 3.96. The third kappa shape index (κ3) is 1.21. The van der Waals surface area contributed by atoms with Crippen LogP contribution < -0.4 is 0 Å². The van der Waals surface area contributed by atoms with Gasteiger partial charge in [0.1, 0.15) is 5.69 Å². The van der Waals surface area contributed by atoms with Crippen LogP contribution in [0.3, 0.4) is 0 Å². The van der Waals surface area contributed by atoms with Crippen LogP contribution >= 0.6 is 11.3 Å². The van der Waals surface area contributed by atoms with E-state index < -0.39 is 0 Å². The van der Waals surface area contributed by atoms with E-state index in [1.165, 1.54) is 16.0 Å². The molecule has 3 nitrogen and oxygen atoms in total. The lowest BCUT2D eigenvalue weighted by Crippen LogP contribution is -1.94. The van der Waals surface area contributed by atoms with Crippen LogP contribution in [0, 0.1) is 0 Å². The fourth-order valence-electron chi connectivity index (χ4n) is 2.32. The Morgan fingerprint density at radius 3 is 2.94 bits per heavy atom. The van der Waals surface area contributed by atoms with E-state index in [9.17, 15) is 0 Å². The van der Waals surface area contributed by atoms with Gasteiger partial charge in [0, 0.05) is 5.56 Å². The zero-order valence-corrected chi connectivity index (χ0v) is 9.81. The van der Waals surface area contributed by atoms with E-state index in [-0.39, 0.29) is 0 Å². The molecule has 3 aromatic rings. The van der Waals surface area contributed by atoms with Crippen LogP contribution in [0.15, 0.2) is 41.8 Å². The van der Waals surface area contributed by atoms with Crippen molar-refractivity contribution in [3.05, 3.63) is 47.3 Å². The molecule has 0 unspecified atom stereocenters. The molecule has 0 aliphatic carbocycles. The molecule has 0 atom stereocenters. The Labute approximate surface area is 102 Å². The second-order valence-corrected chi connectivity index (χ2v) is 5.03. The third-order valence-electron chi connectivity index (χ3n) is 3.08. The second-order valence-electron chi connectivity index (χ2n) is 4.08. The van der Waals surface area contributed by atoms with Crippen molar-refractivity contribution in [1.29, 1.82) is 0 Å². The quantitative estimate of drug-likeness (QED) is 0.511. The topological polar surface area (TPSA) is 30.7 Å². The molecule has 0 saturated heterocycles. The van der Waals surface area contributed by atoms with Crippen molar-refractivity contribution in [2.45, 2.75) is 6.54 Å². The summed E-state index contributed by atoms with van der Waals surface area (Å²) >= 11 is 1.71. The average Bonchev–Trinajstić information content (AvgIpc) is 3.04. The van der Waals surface area contributed by atoms with Crippen molar-refractivity contribution in [1.82, 2.24) is 15.0 Å². The number of hydrogen-bond acceptors (Lipinski definition) is 3. The van der Waals surface area contributed by atoms with Crippen LogP contribution in [-0.4, -0.2) is 15.0 Å². The fourth-order valence-corrected chi connectivity index (χ4v) is 3.03. The highest BCUT2D eigenvalue weighted by Crippen LogP contribution is 2.38. The SMILES string of the molecule is c1csc(-c2nnn3c2-c2ccccc2C3)c1.